The van der Waals surface area contributed by atoms with E-state index in [4.69, 9.17) is 0 Å². The summed E-state index contributed by atoms with van der Waals surface area (Å²) in [5, 5.41) is 10.0. The van der Waals surface area contributed by atoms with Gasteiger partial charge in [0.25, 0.3) is 0 Å². The minimum atomic E-state index is 0.298. The van der Waals surface area contributed by atoms with Gasteiger partial charge in [0, 0.05) is 0 Å². The monoisotopic (exact) mass is 327 g/mol. The van der Waals surface area contributed by atoms with Crippen molar-refractivity contribution in [1.29, 1.82) is 0 Å². The lowest BCUT2D eigenvalue weighted by molar-refractivity contribution is 0.176. The third kappa shape index (κ3) is 3.85. The number of phenols is 1. The minimum Gasteiger partial charge on any atom is -0.508 e. The van der Waals surface area contributed by atoms with Crippen LogP contribution in [0.4, 0.5) is 0 Å². The summed E-state index contributed by atoms with van der Waals surface area (Å²) in [6, 6.07) is 8.14. The number of phenolic OH excluding ortho intramolecular Hbond substituents is 1. The standard InChI is InChI=1S/C22H33NO/c1-2-3-4-7-15-23-16-12-19-9-5-6-13-22(19,14-17-23)20-10-8-11-21(24)18-20/h2,8,10-11,18-19,24H,1,3-7,9,12-17H2/t19-,22+/m0/s1. The number of aromatic hydroxyl groups is 1. The van der Waals surface area contributed by atoms with Gasteiger partial charge in [-0.3, -0.25) is 0 Å². The molecule has 1 aromatic carbocycles. The minimum absolute atomic E-state index is 0.298. The molecule has 1 heterocycles. The van der Waals surface area contributed by atoms with Crippen molar-refractivity contribution in [3.8, 4) is 5.75 Å². The van der Waals surface area contributed by atoms with Gasteiger partial charge < -0.3 is 10.0 Å². The fraction of sp³-hybridized carbons (Fsp3) is 0.636. The van der Waals surface area contributed by atoms with Crippen molar-refractivity contribution in [3.05, 3.63) is 42.5 Å². The first-order valence-electron chi connectivity index (χ1n) is 9.87. The predicted octanol–water partition coefficient (Wildman–Crippen LogP) is 5.27. The quantitative estimate of drug-likeness (QED) is 0.568. The molecule has 0 spiro atoms. The van der Waals surface area contributed by atoms with Crippen LogP contribution in [0.3, 0.4) is 0 Å². The molecule has 2 nitrogen and oxygen atoms in total. The van der Waals surface area contributed by atoms with Crippen LogP contribution in [-0.4, -0.2) is 29.6 Å². The van der Waals surface area contributed by atoms with Crippen LogP contribution in [0.15, 0.2) is 36.9 Å². The second kappa shape index (κ2) is 8.20. The van der Waals surface area contributed by atoms with Crippen LogP contribution >= 0.6 is 0 Å². The van der Waals surface area contributed by atoms with Crippen molar-refractivity contribution >= 4 is 0 Å². The Hall–Kier alpha value is -1.28. The smallest absolute Gasteiger partial charge is 0.115 e. The van der Waals surface area contributed by atoms with Crippen molar-refractivity contribution in [2.45, 2.75) is 63.2 Å². The number of hydrogen-bond acceptors (Lipinski definition) is 2. The third-order valence-corrected chi connectivity index (χ3v) is 6.43. The number of benzene rings is 1. The third-order valence-electron chi connectivity index (χ3n) is 6.43. The number of unbranched alkanes of at least 4 members (excludes halogenated alkanes) is 2. The maximum atomic E-state index is 10.0. The van der Waals surface area contributed by atoms with Crippen LogP contribution in [0, 0.1) is 5.92 Å². The van der Waals surface area contributed by atoms with Crippen LogP contribution in [0.1, 0.15) is 63.4 Å². The molecule has 24 heavy (non-hydrogen) atoms. The summed E-state index contributed by atoms with van der Waals surface area (Å²) in [5.41, 5.74) is 1.69. The lowest BCUT2D eigenvalue weighted by Gasteiger charge is -2.44. The molecule has 2 aliphatic rings. The average molecular weight is 328 g/mol. The van der Waals surface area contributed by atoms with E-state index in [1.807, 2.05) is 18.2 Å². The van der Waals surface area contributed by atoms with Crippen molar-refractivity contribution in [2.75, 3.05) is 19.6 Å². The normalized spacial score (nSPS) is 28.1. The summed E-state index contributed by atoms with van der Waals surface area (Å²) >= 11 is 0. The Morgan fingerprint density at radius 2 is 2.08 bits per heavy atom. The number of likely N-dealkylation sites (tertiary alicyclic amines) is 1. The fourth-order valence-corrected chi connectivity index (χ4v) is 5.06. The SMILES string of the molecule is C=CCCCCN1CC[C@@H]2CCCC[C@@]2(c2cccc(O)c2)CC1. The van der Waals surface area contributed by atoms with E-state index in [9.17, 15) is 5.11 Å². The van der Waals surface area contributed by atoms with Crippen LogP contribution < -0.4 is 0 Å². The molecule has 1 saturated carbocycles. The van der Waals surface area contributed by atoms with E-state index in [1.165, 1.54) is 76.6 Å². The van der Waals surface area contributed by atoms with Gasteiger partial charge in [-0.05, 0) is 93.6 Å². The maximum Gasteiger partial charge on any atom is 0.115 e. The molecule has 2 heteroatoms. The average Bonchev–Trinajstić information content (AvgIpc) is 2.79. The Kier molecular flexibility index (Phi) is 5.99. The number of allylic oxidation sites excluding steroid dienone is 1. The van der Waals surface area contributed by atoms with E-state index in [2.05, 4.69) is 17.5 Å². The maximum absolute atomic E-state index is 10.0. The molecular weight excluding hydrogens is 294 g/mol. The Bertz CT molecular complexity index is 541. The Balaban J connectivity index is 1.73. The van der Waals surface area contributed by atoms with Crippen molar-refractivity contribution in [2.24, 2.45) is 5.92 Å². The summed E-state index contributed by atoms with van der Waals surface area (Å²) in [7, 11) is 0. The van der Waals surface area contributed by atoms with Crippen molar-refractivity contribution in [3.63, 3.8) is 0 Å². The highest BCUT2D eigenvalue weighted by molar-refractivity contribution is 5.34. The molecule has 2 fully saturated rings. The van der Waals surface area contributed by atoms with E-state index < -0.39 is 0 Å². The summed E-state index contributed by atoms with van der Waals surface area (Å²) in [4.78, 5) is 2.69. The van der Waals surface area contributed by atoms with Gasteiger partial charge in [-0.25, -0.2) is 0 Å². The van der Waals surface area contributed by atoms with Gasteiger partial charge in [-0.15, -0.1) is 6.58 Å². The van der Waals surface area contributed by atoms with Crippen LogP contribution in [0.5, 0.6) is 5.75 Å². The number of rotatable bonds is 6. The molecular formula is C22H33NO. The van der Waals surface area contributed by atoms with Gasteiger partial charge in [0.1, 0.15) is 5.75 Å². The molecule has 0 unspecified atom stereocenters. The van der Waals surface area contributed by atoms with Crippen LogP contribution in [-0.2, 0) is 5.41 Å². The lowest BCUT2D eigenvalue weighted by Crippen LogP contribution is -2.38. The van der Waals surface area contributed by atoms with E-state index >= 15 is 0 Å². The molecule has 1 saturated heterocycles. The molecule has 0 aromatic heterocycles. The molecule has 132 valence electrons. The summed E-state index contributed by atoms with van der Waals surface area (Å²) < 4.78 is 0. The Morgan fingerprint density at radius 3 is 2.92 bits per heavy atom. The Morgan fingerprint density at radius 1 is 1.17 bits per heavy atom. The van der Waals surface area contributed by atoms with Gasteiger partial charge in [0.2, 0.25) is 0 Å². The van der Waals surface area contributed by atoms with Gasteiger partial charge in [0.05, 0.1) is 0 Å². The molecule has 0 bridgehead atoms. The largest absolute Gasteiger partial charge is 0.508 e. The molecule has 1 aromatic rings. The van der Waals surface area contributed by atoms with Gasteiger partial charge in [-0.1, -0.05) is 31.1 Å². The number of nitrogens with zero attached hydrogens (tertiary/aromatic N) is 1. The second-order valence-electron chi connectivity index (χ2n) is 7.81. The van der Waals surface area contributed by atoms with Gasteiger partial charge in [-0.2, -0.15) is 0 Å². The summed E-state index contributed by atoms with van der Waals surface area (Å²) in [6.45, 7) is 7.52. The van der Waals surface area contributed by atoms with E-state index in [0.29, 0.717) is 11.2 Å². The molecule has 1 aliphatic carbocycles. The molecule has 3 rings (SSSR count). The van der Waals surface area contributed by atoms with Crippen LogP contribution in [0.2, 0.25) is 0 Å². The van der Waals surface area contributed by atoms with E-state index in [1.54, 1.807) is 6.07 Å². The molecule has 0 radical (unpaired) electrons. The van der Waals surface area contributed by atoms with Gasteiger partial charge >= 0.3 is 0 Å². The van der Waals surface area contributed by atoms with E-state index in [-0.39, 0.29) is 0 Å². The second-order valence-corrected chi connectivity index (χ2v) is 7.81. The van der Waals surface area contributed by atoms with Crippen LogP contribution in [0.25, 0.3) is 0 Å². The zero-order valence-corrected chi connectivity index (χ0v) is 15.1. The zero-order chi connectivity index (χ0) is 16.8. The Labute approximate surface area is 147 Å². The highest BCUT2D eigenvalue weighted by Gasteiger charge is 2.43. The van der Waals surface area contributed by atoms with Crippen molar-refractivity contribution < 1.29 is 5.11 Å². The number of fused-ring (bicyclic) bond motifs is 1. The molecule has 2 atom stereocenters. The number of hydrogen-bond donors (Lipinski definition) is 1. The zero-order valence-electron chi connectivity index (χ0n) is 15.1. The summed E-state index contributed by atoms with van der Waals surface area (Å²) in [6.07, 6.45) is 13.7. The molecule has 1 N–H and O–H groups in total. The molecule has 0 amide bonds. The fourth-order valence-electron chi connectivity index (χ4n) is 5.06. The van der Waals surface area contributed by atoms with E-state index in [0.717, 1.165) is 12.3 Å². The van der Waals surface area contributed by atoms with Crippen molar-refractivity contribution in [1.82, 2.24) is 4.90 Å². The highest BCUT2D eigenvalue weighted by Crippen LogP contribution is 2.49. The van der Waals surface area contributed by atoms with Gasteiger partial charge in [0.15, 0.2) is 0 Å². The summed E-state index contributed by atoms with van der Waals surface area (Å²) in [5.74, 6) is 1.21. The highest BCUT2D eigenvalue weighted by atomic mass is 16.3. The first-order chi connectivity index (χ1) is 11.7. The topological polar surface area (TPSA) is 23.5 Å². The first kappa shape index (κ1) is 17.5. The predicted molar refractivity (Wildman–Crippen MR) is 101 cm³/mol. The lowest BCUT2D eigenvalue weighted by atomic mass is 9.60. The molecule has 1 aliphatic heterocycles. The first-order valence-corrected chi connectivity index (χ1v) is 9.87.